The highest BCUT2D eigenvalue weighted by molar-refractivity contribution is 5.40. The Morgan fingerprint density at radius 1 is 0.938 bits per heavy atom. The van der Waals surface area contributed by atoms with Gasteiger partial charge in [0, 0.05) is 11.5 Å². The van der Waals surface area contributed by atoms with Gasteiger partial charge in [-0.3, -0.25) is 0 Å². The smallest absolute Gasteiger partial charge is 0.119 e. The minimum absolute atomic E-state index is 0.224. The van der Waals surface area contributed by atoms with Crippen molar-refractivity contribution in [3.05, 3.63) is 65.2 Å². The summed E-state index contributed by atoms with van der Waals surface area (Å²) in [6, 6.07) is 16.0. The van der Waals surface area contributed by atoms with Gasteiger partial charge in [-0.25, -0.2) is 0 Å². The van der Waals surface area contributed by atoms with Crippen LogP contribution >= 0.6 is 0 Å². The Balaban J connectivity index is 2.35. The first-order valence-corrected chi connectivity index (χ1v) is 5.53. The minimum Gasteiger partial charge on any atom is -0.508 e. The predicted molar refractivity (Wildman–Crippen MR) is 66.8 cm³/mol. The molecule has 0 aliphatic heterocycles. The van der Waals surface area contributed by atoms with Crippen molar-refractivity contribution in [2.75, 3.05) is 0 Å². The molecule has 0 bridgehead atoms. The summed E-state index contributed by atoms with van der Waals surface area (Å²) in [5.74, 6) is 0.595. The second kappa shape index (κ2) is 4.40. The van der Waals surface area contributed by atoms with Crippen LogP contribution in [0.2, 0.25) is 0 Å². The first kappa shape index (κ1) is 10.7. The highest BCUT2D eigenvalue weighted by Gasteiger charge is 2.11. The molecule has 1 atom stereocenters. The van der Waals surface area contributed by atoms with E-state index < -0.39 is 0 Å². The van der Waals surface area contributed by atoms with Crippen molar-refractivity contribution in [1.82, 2.24) is 0 Å². The molecule has 0 spiro atoms. The number of phenolic OH excluding ortho intramolecular Hbond substituents is 1. The lowest BCUT2D eigenvalue weighted by Crippen LogP contribution is -1.96. The van der Waals surface area contributed by atoms with Crippen LogP contribution in [0.5, 0.6) is 5.75 Å². The summed E-state index contributed by atoms with van der Waals surface area (Å²) in [6.07, 6.45) is 0. The summed E-state index contributed by atoms with van der Waals surface area (Å²) in [5, 5.41) is 9.80. The van der Waals surface area contributed by atoms with E-state index in [0.29, 0.717) is 5.75 Å². The lowest BCUT2D eigenvalue weighted by atomic mass is 9.92. The molecule has 2 aromatic carbocycles. The molecule has 82 valence electrons. The lowest BCUT2D eigenvalue weighted by Gasteiger charge is -2.14. The molecule has 1 unspecified atom stereocenters. The Morgan fingerprint density at radius 2 is 1.56 bits per heavy atom. The Morgan fingerprint density at radius 3 is 2.19 bits per heavy atom. The summed E-state index contributed by atoms with van der Waals surface area (Å²) >= 11 is 0. The molecule has 0 amide bonds. The molecule has 0 saturated heterocycles. The van der Waals surface area contributed by atoms with Crippen LogP contribution in [0.15, 0.2) is 48.5 Å². The van der Waals surface area contributed by atoms with E-state index in [0.717, 1.165) is 5.56 Å². The third-order valence-corrected chi connectivity index (χ3v) is 2.98. The van der Waals surface area contributed by atoms with E-state index in [2.05, 4.69) is 38.1 Å². The molecule has 1 heteroatoms. The van der Waals surface area contributed by atoms with E-state index >= 15 is 0 Å². The summed E-state index contributed by atoms with van der Waals surface area (Å²) < 4.78 is 0. The summed E-state index contributed by atoms with van der Waals surface area (Å²) in [5.41, 5.74) is 3.46. The zero-order valence-electron chi connectivity index (χ0n) is 9.64. The van der Waals surface area contributed by atoms with Crippen LogP contribution in [0.4, 0.5) is 0 Å². The quantitative estimate of drug-likeness (QED) is 0.801. The molecule has 1 N–H and O–H groups in total. The Kier molecular flexibility index (Phi) is 2.95. The van der Waals surface area contributed by atoms with Gasteiger partial charge in [0.2, 0.25) is 0 Å². The Labute approximate surface area is 96.4 Å². The van der Waals surface area contributed by atoms with Gasteiger partial charge in [-0.15, -0.1) is 0 Å². The van der Waals surface area contributed by atoms with Crippen molar-refractivity contribution in [3.63, 3.8) is 0 Å². The standard InChI is InChI=1S/C15H16O/c1-11-7-9-13(10-8-11)12(2)14-5-3-4-6-15(14)16/h3-10,12,16H,1-2H3. The van der Waals surface area contributed by atoms with Gasteiger partial charge in [-0.05, 0) is 18.6 Å². The fraction of sp³-hybridized carbons (Fsp3) is 0.200. The fourth-order valence-electron chi connectivity index (χ4n) is 1.89. The molecule has 0 aliphatic carbocycles. The highest BCUT2D eigenvalue weighted by atomic mass is 16.3. The van der Waals surface area contributed by atoms with Crippen LogP contribution in [-0.4, -0.2) is 5.11 Å². The minimum atomic E-state index is 0.224. The molecule has 0 aromatic heterocycles. The van der Waals surface area contributed by atoms with Crippen LogP contribution in [0.1, 0.15) is 29.5 Å². The molecular formula is C15H16O. The van der Waals surface area contributed by atoms with E-state index in [-0.39, 0.29) is 5.92 Å². The van der Waals surface area contributed by atoms with E-state index in [1.165, 1.54) is 11.1 Å². The first-order valence-electron chi connectivity index (χ1n) is 5.53. The van der Waals surface area contributed by atoms with Crippen molar-refractivity contribution in [3.8, 4) is 5.75 Å². The first-order chi connectivity index (χ1) is 7.68. The third kappa shape index (κ3) is 2.08. The molecule has 16 heavy (non-hydrogen) atoms. The van der Waals surface area contributed by atoms with Gasteiger partial charge in [0.15, 0.2) is 0 Å². The monoisotopic (exact) mass is 212 g/mol. The predicted octanol–water partition coefficient (Wildman–Crippen LogP) is 3.85. The van der Waals surface area contributed by atoms with Gasteiger partial charge < -0.3 is 5.11 Å². The number of para-hydroxylation sites is 1. The van der Waals surface area contributed by atoms with Gasteiger partial charge in [0.25, 0.3) is 0 Å². The number of hydrogen-bond donors (Lipinski definition) is 1. The SMILES string of the molecule is Cc1ccc(C(C)c2ccccc2O)cc1. The molecule has 0 heterocycles. The highest BCUT2D eigenvalue weighted by Crippen LogP contribution is 2.30. The number of aryl methyl sites for hydroxylation is 1. The average Bonchev–Trinajstić information content (AvgIpc) is 2.30. The molecule has 1 nitrogen and oxygen atoms in total. The maximum Gasteiger partial charge on any atom is 0.119 e. The third-order valence-electron chi connectivity index (χ3n) is 2.98. The second-order valence-corrected chi connectivity index (χ2v) is 4.19. The summed E-state index contributed by atoms with van der Waals surface area (Å²) in [6.45, 7) is 4.19. The van der Waals surface area contributed by atoms with Gasteiger partial charge in [-0.1, -0.05) is 55.0 Å². The molecule has 0 fully saturated rings. The number of phenols is 1. The van der Waals surface area contributed by atoms with Gasteiger partial charge in [0.1, 0.15) is 5.75 Å². The Hall–Kier alpha value is -1.76. The molecule has 0 saturated carbocycles. The van der Waals surface area contributed by atoms with E-state index in [1.54, 1.807) is 6.07 Å². The summed E-state index contributed by atoms with van der Waals surface area (Å²) in [4.78, 5) is 0. The molecule has 2 aromatic rings. The van der Waals surface area contributed by atoms with Crippen molar-refractivity contribution < 1.29 is 5.11 Å². The van der Waals surface area contributed by atoms with Crippen molar-refractivity contribution in [2.24, 2.45) is 0 Å². The second-order valence-electron chi connectivity index (χ2n) is 4.19. The van der Waals surface area contributed by atoms with Crippen molar-refractivity contribution >= 4 is 0 Å². The van der Waals surface area contributed by atoms with E-state index in [9.17, 15) is 5.11 Å². The van der Waals surface area contributed by atoms with Gasteiger partial charge in [0.05, 0.1) is 0 Å². The van der Waals surface area contributed by atoms with Crippen LogP contribution in [0.3, 0.4) is 0 Å². The normalized spacial score (nSPS) is 12.4. The van der Waals surface area contributed by atoms with Crippen LogP contribution in [0, 0.1) is 6.92 Å². The number of aromatic hydroxyl groups is 1. The zero-order valence-corrected chi connectivity index (χ0v) is 9.64. The number of rotatable bonds is 2. The van der Waals surface area contributed by atoms with Gasteiger partial charge >= 0.3 is 0 Å². The summed E-state index contributed by atoms with van der Waals surface area (Å²) in [7, 11) is 0. The maximum absolute atomic E-state index is 9.80. The van der Waals surface area contributed by atoms with Crippen LogP contribution in [0.25, 0.3) is 0 Å². The largest absolute Gasteiger partial charge is 0.508 e. The number of benzene rings is 2. The van der Waals surface area contributed by atoms with Crippen molar-refractivity contribution in [1.29, 1.82) is 0 Å². The molecular weight excluding hydrogens is 196 g/mol. The lowest BCUT2D eigenvalue weighted by molar-refractivity contribution is 0.466. The maximum atomic E-state index is 9.80. The Bertz CT molecular complexity index is 471. The van der Waals surface area contributed by atoms with Gasteiger partial charge in [-0.2, -0.15) is 0 Å². The molecule has 0 radical (unpaired) electrons. The average molecular weight is 212 g/mol. The number of hydrogen-bond acceptors (Lipinski definition) is 1. The zero-order chi connectivity index (χ0) is 11.5. The van der Waals surface area contributed by atoms with E-state index in [1.807, 2.05) is 18.2 Å². The van der Waals surface area contributed by atoms with Crippen LogP contribution < -0.4 is 0 Å². The van der Waals surface area contributed by atoms with E-state index in [4.69, 9.17) is 0 Å². The van der Waals surface area contributed by atoms with Crippen molar-refractivity contribution in [2.45, 2.75) is 19.8 Å². The molecule has 2 rings (SSSR count). The molecule has 0 aliphatic rings. The topological polar surface area (TPSA) is 20.2 Å². The fourth-order valence-corrected chi connectivity index (χ4v) is 1.89. The van der Waals surface area contributed by atoms with Crippen LogP contribution in [-0.2, 0) is 0 Å².